The van der Waals surface area contributed by atoms with E-state index >= 15 is 0 Å². The molecule has 2 amide bonds. The lowest BCUT2D eigenvalue weighted by Gasteiger charge is -2.23. The number of rotatable bonds is 6. The van der Waals surface area contributed by atoms with Crippen LogP contribution in [0.1, 0.15) is 18.4 Å². The van der Waals surface area contributed by atoms with Crippen LogP contribution in [0.15, 0.2) is 54.6 Å². The number of benzene rings is 2. The zero-order chi connectivity index (χ0) is 17.9. The van der Waals surface area contributed by atoms with E-state index in [0.717, 1.165) is 24.2 Å². The minimum absolute atomic E-state index is 0.00332. The number of carbonyl (C=O) groups is 2. The molecule has 1 aliphatic carbocycles. The van der Waals surface area contributed by atoms with E-state index in [-0.39, 0.29) is 18.4 Å². The molecule has 0 heterocycles. The van der Waals surface area contributed by atoms with E-state index < -0.39 is 5.41 Å². The molecule has 1 N–H and O–H groups in total. The number of hydrogen-bond donors (Lipinski definition) is 1. The van der Waals surface area contributed by atoms with E-state index in [1.165, 1.54) is 4.90 Å². The third-order valence-electron chi connectivity index (χ3n) is 4.59. The first-order valence-corrected chi connectivity index (χ1v) is 8.30. The number of nitrogens with one attached hydrogen (secondary N) is 1. The zero-order valence-electron chi connectivity index (χ0n) is 14.5. The molecule has 1 aliphatic rings. The fourth-order valence-corrected chi connectivity index (χ4v) is 3.04. The van der Waals surface area contributed by atoms with Crippen molar-refractivity contribution in [3.05, 3.63) is 60.2 Å². The highest BCUT2D eigenvalue weighted by molar-refractivity contribution is 5.97. The molecule has 5 heteroatoms. The van der Waals surface area contributed by atoms with Gasteiger partial charge in [-0.15, -0.1) is 0 Å². The zero-order valence-corrected chi connectivity index (χ0v) is 14.5. The number of likely N-dealkylation sites (N-methyl/N-ethyl adjacent to an activating group) is 1. The van der Waals surface area contributed by atoms with Crippen LogP contribution in [-0.4, -0.2) is 37.4 Å². The van der Waals surface area contributed by atoms with Crippen LogP contribution in [0, 0.1) is 0 Å². The largest absolute Gasteiger partial charge is 0.497 e. The van der Waals surface area contributed by atoms with Gasteiger partial charge < -0.3 is 15.0 Å². The standard InChI is InChI=1S/C20H22N2O3/c1-22(14-18(23)21-16-8-10-17(25-2)11-9-16)19(24)20(12-13-20)15-6-4-3-5-7-15/h3-11H,12-14H2,1-2H3,(H,21,23). The van der Waals surface area contributed by atoms with E-state index in [4.69, 9.17) is 4.74 Å². The van der Waals surface area contributed by atoms with Crippen molar-refractivity contribution in [1.29, 1.82) is 0 Å². The number of ether oxygens (including phenoxy) is 1. The molecule has 0 radical (unpaired) electrons. The lowest BCUT2D eigenvalue weighted by Crippen LogP contribution is -2.41. The van der Waals surface area contributed by atoms with Crippen LogP contribution < -0.4 is 10.1 Å². The van der Waals surface area contributed by atoms with Gasteiger partial charge in [0.05, 0.1) is 19.1 Å². The predicted molar refractivity (Wildman–Crippen MR) is 96.6 cm³/mol. The molecule has 3 rings (SSSR count). The average molecular weight is 338 g/mol. The second kappa shape index (κ2) is 6.97. The van der Waals surface area contributed by atoms with Gasteiger partial charge in [0.25, 0.3) is 0 Å². The van der Waals surface area contributed by atoms with Crippen LogP contribution in [0.5, 0.6) is 5.75 Å². The van der Waals surface area contributed by atoms with E-state index in [9.17, 15) is 9.59 Å². The van der Waals surface area contributed by atoms with Gasteiger partial charge >= 0.3 is 0 Å². The number of hydrogen-bond acceptors (Lipinski definition) is 3. The molecule has 5 nitrogen and oxygen atoms in total. The maximum Gasteiger partial charge on any atom is 0.243 e. The summed E-state index contributed by atoms with van der Waals surface area (Å²) in [6, 6.07) is 16.9. The van der Waals surface area contributed by atoms with Gasteiger partial charge in [0, 0.05) is 12.7 Å². The Hall–Kier alpha value is -2.82. The Bertz CT molecular complexity index is 752. The van der Waals surface area contributed by atoms with Gasteiger partial charge in [0.1, 0.15) is 5.75 Å². The SMILES string of the molecule is COc1ccc(NC(=O)CN(C)C(=O)C2(c3ccccc3)CC2)cc1. The van der Waals surface area contributed by atoms with Crippen molar-refractivity contribution in [2.75, 3.05) is 26.0 Å². The van der Waals surface area contributed by atoms with Crippen LogP contribution in [0.3, 0.4) is 0 Å². The summed E-state index contributed by atoms with van der Waals surface area (Å²) in [4.78, 5) is 26.6. The average Bonchev–Trinajstić information content (AvgIpc) is 3.44. The molecule has 0 atom stereocenters. The maximum atomic E-state index is 12.8. The quantitative estimate of drug-likeness (QED) is 0.881. The van der Waals surface area contributed by atoms with Crippen LogP contribution in [-0.2, 0) is 15.0 Å². The minimum Gasteiger partial charge on any atom is -0.497 e. The van der Waals surface area contributed by atoms with E-state index in [1.807, 2.05) is 30.3 Å². The molecule has 0 spiro atoms. The Morgan fingerprint density at radius 2 is 1.72 bits per heavy atom. The molecule has 1 fully saturated rings. The Labute approximate surface area is 147 Å². The van der Waals surface area contributed by atoms with Crippen molar-refractivity contribution in [2.24, 2.45) is 0 Å². The second-order valence-corrected chi connectivity index (χ2v) is 6.39. The van der Waals surface area contributed by atoms with Gasteiger partial charge in [-0.25, -0.2) is 0 Å². The molecule has 0 bridgehead atoms. The third kappa shape index (κ3) is 3.65. The molecule has 0 saturated heterocycles. The Morgan fingerprint density at radius 3 is 2.28 bits per heavy atom. The third-order valence-corrected chi connectivity index (χ3v) is 4.59. The smallest absolute Gasteiger partial charge is 0.243 e. The first-order chi connectivity index (χ1) is 12.0. The summed E-state index contributed by atoms with van der Waals surface area (Å²) >= 11 is 0. The summed E-state index contributed by atoms with van der Waals surface area (Å²) in [5.74, 6) is 0.511. The topological polar surface area (TPSA) is 58.6 Å². The van der Waals surface area contributed by atoms with Gasteiger partial charge in [-0.1, -0.05) is 30.3 Å². The van der Waals surface area contributed by atoms with Crippen LogP contribution in [0.2, 0.25) is 0 Å². The van der Waals surface area contributed by atoms with Crippen LogP contribution >= 0.6 is 0 Å². The molecule has 0 unspecified atom stereocenters. The number of carbonyl (C=O) groups excluding carboxylic acids is 2. The highest BCUT2D eigenvalue weighted by Crippen LogP contribution is 2.49. The van der Waals surface area contributed by atoms with Gasteiger partial charge in [-0.05, 0) is 42.7 Å². The summed E-state index contributed by atoms with van der Waals surface area (Å²) < 4.78 is 5.09. The van der Waals surface area contributed by atoms with Crippen molar-refractivity contribution in [3.8, 4) is 5.75 Å². The molecule has 2 aromatic rings. The lowest BCUT2D eigenvalue weighted by atomic mass is 9.94. The van der Waals surface area contributed by atoms with Crippen molar-refractivity contribution in [3.63, 3.8) is 0 Å². The van der Waals surface area contributed by atoms with Crippen molar-refractivity contribution in [1.82, 2.24) is 4.90 Å². The fourth-order valence-electron chi connectivity index (χ4n) is 3.04. The van der Waals surface area contributed by atoms with Crippen LogP contribution in [0.4, 0.5) is 5.69 Å². The number of nitrogens with zero attached hydrogens (tertiary/aromatic N) is 1. The lowest BCUT2D eigenvalue weighted by molar-refractivity contribution is -0.135. The van der Waals surface area contributed by atoms with Gasteiger partial charge in [0.15, 0.2) is 0 Å². The Kier molecular flexibility index (Phi) is 4.74. The van der Waals surface area contributed by atoms with E-state index in [2.05, 4.69) is 5.32 Å². The summed E-state index contributed by atoms with van der Waals surface area (Å²) in [5, 5.41) is 2.80. The minimum atomic E-state index is -0.448. The molecule has 0 aromatic heterocycles. The van der Waals surface area contributed by atoms with E-state index in [0.29, 0.717) is 5.69 Å². The first kappa shape index (κ1) is 17.0. The number of amides is 2. The first-order valence-electron chi connectivity index (χ1n) is 8.30. The second-order valence-electron chi connectivity index (χ2n) is 6.39. The Balaban J connectivity index is 1.60. The number of anilines is 1. The molecule has 130 valence electrons. The number of methoxy groups -OCH3 is 1. The van der Waals surface area contributed by atoms with Crippen LogP contribution in [0.25, 0.3) is 0 Å². The maximum absolute atomic E-state index is 12.8. The predicted octanol–water partition coefficient (Wildman–Crippen LogP) is 2.82. The summed E-state index contributed by atoms with van der Waals surface area (Å²) in [5.41, 5.74) is 1.26. The molecule has 25 heavy (non-hydrogen) atoms. The highest BCUT2D eigenvalue weighted by Gasteiger charge is 2.52. The Morgan fingerprint density at radius 1 is 1.08 bits per heavy atom. The molecular weight excluding hydrogens is 316 g/mol. The van der Waals surface area contributed by atoms with Crippen molar-refractivity contribution >= 4 is 17.5 Å². The monoisotopic (exact) mass is 338 g/mol. The van der Waals surface area contributed by atoms with Gasteiger partial charge in [0.2, 0.25) is 11.8 Å². The van der Waals surface area contributed by atoms with E-state index in [1.54, 1.807) is 38.4 Å². The summed E-state index contributed by atoms with van der Waals surface area (Å²) in [6.45, 7) is 0.0272. The fraction of sp³-hybridized carbons (Fsp3) is 0.300. The summed E-state index contributed by atoms with van der Waals surface area (Å²) in [7, 11) is 3.27. The molecule has 0 aliphatic heterocycles. The summed E-state index contributed by atoms with van der Waals surface area (Å²) in [6.07, 6.45) is 1.67. The highest BCUT2D eigenvalue weighted by atomic mass is 16.5. The van der Waals surface area contributed by atoms with Crippen molar-refractivity contribution < 1.29 is 14.3 Å². The molecule has 2 aromatic carbocycles. The van der Waals surface area contributed by atoms with Gasteiger partial charge in [-0.2, -0.15) is 0 Å². The normalized spacial score (nSPS) is 14.5. The molecular formula is C20H22N2O3. The van der Waals surface area contributed by atoms with Gasteiger partial charge in [-0.3, -0.25) is 9.59 Å². The molecule has 1 saturated carbocycles. The van der Waals surface area contributed by atoms with Crippen molar-refractivity contribution in [2.45, 2.75) is 18.3 Å².